The zero-order valence-electron chi connectivity index (χ0n) is 15.2. The van der Waals surface area contributed by atoms with Crippen LogP contribution in [0.5, 0.6) is 11.5 Å². The molecule has 0 radical (unpaired) electrons. The molecule has 0 fully saturated rings. The van der Waals surface area contributed by atoms with Gasteiger partial charge in [-0.3, -0.25) is 0 Å². The van der Waals surface area contributed by atoms with E-state index in [0.29, 0.717) is 12.8 Å². The van der Waals surface area contributed by atoms with Crippen molar-refractivity contribution in [3.05, 3.63) is 49.1 Å². The van der Waals surface area contributed by atoms with Crippen molar-refractivity contribution in [3.8, 4) is 11.5 Å². The van der Waals surface area contributed by atoms with Crippen LogP contribution in [0.4, 0.5) is 0 Å². The highest BCUT2D eigenvalue weighted by atomic mass is 16.7. The zero-order valence-corrected chi connectivity index (χ0v) is 15.2. The SMILES string of the molecule is C=CC(=O)OC(CC)Oc1ccc(C(=O)O)cc1OC(CC)OC(=O)C=C. The van der Waals surface area contributed by atoms with E-state index < -0.39 is 30.5 Å². The molecule has 2 unspecified atom stereocenters. The molecule has 0 amide bonds. The third-order valence-corrected chi connectivity index (χ3v) is 3.20. The van der Waals surface area contributed by atoms with Crippen molar-refractivity contribution in [2.24, 2.45) is 0 Å². The maximum atomic E-state index is 11.4. The van der Waals surface area contributed by atoms with Crippen LogP contribution in [0.3, 0.4) is 0 Å². The zero-order chi connectivity index (χ0) is 20.4. The summed E-state index contributed by atoms with van der Waals surface area (Å²) in [7, 11) is 0. The van der Waals surface area contributed by atoms with Gasteiger partial charge in [0.05, 0.1) is 5.56 Å². The molecule has 0 saturated carbocycles. The fourth-order valence-electron chi connectivity index (χ4n) is 1.85. The lowest BCUT2D eigenvalue weighted by atomic mass is 10.2. The van der Waals surface area contributed by atoms with Gasteiger partial charge in [0.15, 0.2) is 11.5 Å². The van der Waals surface area contributed by atoms with E-state index in [1.165, 1.54) is 18.2 Å². The Morgan fingerprint density at radius 1 is 0.963 bits per heavy atom. The Labute approximate surface area is 157 Å². The maximum Gasteiger partial charge on any atom is 0.335 e. The molecule has 8 heteroatoms. The molecule has 1 aromatic rings. The second-order valence-corrected chi connectivity index (χ2v) is 5.16. The lowest BCUT2D eigenvalue weighted by Crippen LogP contribution is -2.25. The quantitative estimate of drug-likeness (QED) is 0.355. The average molecular weight is 378 g/mol. The highest BCUT2D eigenvalue weighted by Crippen LogP contribution is 2.31. The van der Waals surface area contributed by atoms with Crippen LogP contribution in [0.15, 0.2) is 43.5 Å². The Kier molecular flexibility index (Phi) is 8.58. The lowest BCUT2D eigenvalue weighted by Gasteiger charge is -2.22. The number of rotatable bonds is 11. The first kappa shape index (κ1) is 21.8. The summed E-state index contributed by atoms with van der Waals surface area (Å²) in [5.41, 5.74) is -0.0571. The Hall–Kier alpha value is -3.29. The molecule has 1 aromatic carbocycles. The Balaban J connectivity index is 3.13. The summed E-state index contributed by atoms with van der Waals surface area (Å²) in [5, 5.41) is 9.18. The number of carbonyl (C=O) groups is 3. The van der Waals surface area contributed by atoms with Crippen LogP contribution in [-0.2, 0) is 19.1 Å². The number of carboxylic acids is 1. The van der Waals surface area contributed by atoms with E-state index >= 15 is 0 Å². The summed E-state index contributed by atoms with van der Waals surface area (Å²) < 4.78 is 21.3. The van der Waals surface area contributed by atoms with Crippen LogP contribution in [0.2, 0.25) is 0 Å². The van der Waals surface area contributed by atoms with Crippen LogP contribution in [-0.4, -0.2) is 35.6 Å². The Bertz CT molecular complexity index is 710. The highest BCUT2D eigenvalue weighted by Gasteiger charge is 2.20. The second-order valence-electron chi connectivity index (χ2n) is 5.16. The second kappa shape index (κ2) is 10.6. The van der Waals surface area contributed by atoms with Crippen molar-refractivity contribution in [2.45, 2.75) is 39.3 Å². The summed E-state index contributed by atoms with van der Waals surface area (Å²) in [5.74, 6) is -2.39. The van der Waals surface area contributed by atoms with Crippen molar-refractivity contribution in [1.82, 2.24) is 0 Å². The van der Waals surface area contributed by atoms with Gasteiger partial charge in [-0.1, -0.05) is 27.0 Å². The van der Waals surface area contributed by atoms with Gasteiger partial charge in [-0.05, 0) is 18.2 Å². The number of carbonyl (C=O) groups excluding carboxylic acids is 2. The van der Waals surface area contributed by atoms with Crippen LogP contribution < -0.4 is 9.47 Å². The molecular formula is C19H22O8. The van der Waals surface area contributed by atoms with Crippen LogP contribution >= 0.6 is 0 Å². The maximum absolute atomic E-state index is 11.4. The molecule has 1 N–H and O–H groups in total. The molecule has 0 aliphatic heterocycles. The van der Waals surface area contributed by atoms with E-state index in [4.69, 9.17) is 18.9 Å². The monoisotopic (exact) mass is 378 g/mol. The lowest BCUT2D eigenvalue weighted by molar-refractivity contribution is -0.161. The molecular weight excluding hydrogens is 356 g/mol. The number of ether oxygens (including phenoxy) is 4. The summed E-state index contributed by atoms with van der Waals surface area (Å²) in [6, 6.07) is 3.90. The Morgan fingerprint density at radius 2 is 1.44 bits per heavy atom. The van der Waals surface area contributed by atoms with Crippen LogP contribution in [0.25, 0.3) is 0 Å². The van der Waals surface area contributed by atoms with Crippen molar-refractivity contribution in [1.29, 1.82) is 0 Å². The van der Waals surface area contributed by atoms with E-state index in [1.807, 2.05) is 0 Å². The first-order valence-corrected chi connectivity index (χ1v) is 8.21. The number of hydrogen-bond donors (Lipinski definition) is 1. The van der Waals surface area contributed by atoms with Gasteiger partial charge in [-0.15, -0.1) is 0 Å². The van der Waals surface area contributed by atoms with Crippen LogP contribution in [0, 0.1) is 0 Å². The van der Waals surface area contributed by atoms with Gasteiger partial charge in [0.25, 0.3) is 0 Å². The minimum atomic E-state index is -1.17. The van der Waals surface area contributed by atoms with Crippen LogP contribution in [0.1, 0.15) is 37.0 Å². The molecule has 146 valence electrons. The predicted molar refractivity (Wildman–Crippen MR) is 95.4 cm³/mol. The topological polar surface area (TPSA) is 108 Å². The minimum Gasteiger partial charge on any atom is -0.478 e. The molecule has 0 aliphatic carbocycles. The van der Waals surface area contributed by atoms with Crippen molar-refractivity contribution >= 4 is 17.9 Å². The molecule has 0 heterocycles. The molecule has 8 nitrogen and oxygen atoms in total. The summed E-state index contributed by atoms with van der Waals surface area (Å²) >= 11 is 0. The molecule has 2 atom stereocenters. The van der Waals surface area contributed by atoms with Gasteiger partial charge < -0.3 is 24.1 Å². The summed E-state index contributed by atoms with van der Waals surface area (Å²) in [6.45, 7) is 10.1. The van der Waals surface area contributed by atoms with Gasteiger partial charge in [0, 0.05) is 25.0 Å². The Morgan fingerprint density at radius 3 is 1.85 bits per heavy atom. The molecule has 1 rings (SSSR count). The molecule has 0 bridgehead atoms. The van der Waals surface area contributed by atoms with E-state index in [9.17, 15) is 19.5 Å². The third kappa shape index (κ3) is 6.85. The summed E-state index contributed by atoms with van der Waals surface area (Å²) in [6.07, 6.45) is 0.668. The number of esters is 2. The predicted octanol–water partition coefficient (Wildman–Crippen LogP) is 3.07. The summed E-state index contributed by atoms with van der Waals surface area (Å²) in [4.78, 5) is 34.0. The average Bonchev–Trinajstić information content (AvgIpc) is 2.67. The van der Waals surface area contributed by atoms with Gasteiger partial charge >= 0.3 is 17.9 Å². The van der Waals surface area contributed by atoms with Gasteiger partial charge in [-0.25, -0.2) is 14.4 Å². The molecule has 0 aliphatic rings. The van der Waals surface area contributed by atoms with E-state index in [1.54, 1.807) is 13.8 Å². The standard InChI is InChI=1S/C19H22O8/c1-5-15(20)26-17(7-3)24-13-10-9-12(19(22)23)11-14(13)25-18(8-4)27-16(21)6-2/h5-6,9-11,17-18H,1-2,7-8H2,3-4H3,(H,22,23). The van der Waals surface area contributed by atoms with Crippen molar-refractivity contribution in [3.63, 3.8) is 0 Å². The number of hydrogen-bond acceptors (Lipinski definition) is 7. The number of aromatic carboxylic acids is 1. The fraction of sp³-hybridized carbons (Fsp3) is 0.316. The first-order chi connectivity index (χ1) is 12.8. The number of benzene rings is 1. The van der Waals surface area contributed by atoms with Gasteiger partial charge in [0.2, 0.25) is 12.6 Å². The third-order valence-electron chi connectivity index (χ3n) is 3.20. The molecule has 27 heavy (non-hydrogen) atoms. The molecule has 0 aromatic heterocycles. The fourth-order valence-corrected chi connectivity index (χ4v) is 1.85. The number of carboxylic acid groups (broad SMARTS) is 1. The normalized spacial score (nSPS) is 12.2. The van der Waals surface area contributed by atoms with Gasteiger partial charge in [-0.2, -0.15) is 0 Å². The molecule has 0 saturated heterocycles. The smallest absolute Gasteiger partial charge is 0.335 e. The van der Waals surface area contributed by atoms with Crippen molar-refractivity contribution < 1.29 is 38.4 Å². The minimum absolute atomic E-state index is 0.0201. The van der Waals surface area contributed by atoms with Gasteiger partial charge in [0.1, 0.15) is 0 Å². The highest BCUT2D eigenvalue weighted by molar-refractivity contribution is 5.88. The molecule has 0 spiro atoms. The van der Waals surface area contributed by atoms with Crippen molar-refractivity contribution in [2.75, 3.05) is 0 Å². The largest absolute Gasteiger partial charge is 0.478 e. The first-order valence-electron chi connectivity index (χ1n) is 8.21. The van der Waals surface area contributed by atoms with E-state index in [-0.39, 0.29) is 17.1 Å². The van der Waals surface area contributed by atoms with E-state index in [0.717, 1.165) is 12.2 Å². The van der Waals surface area contributed by atoms with E-state index in [2.05, 4.69) is 13.2 Å².